The molecule has 0 amide bonds. The third-order valence-corrected chi connectivity index (χ3v) is 1.49. The number of aryl methyl sites for hydroxylation is 1. The quantitative estimate of drug-likeness (QED) is 0.756. The van der Waals surface area contributed by atoms with E-state index < -0.39 is 0 Å². The zero-order chi connectivity index (χ0) is 8.10. The van der Waals surface area contributed by atoms with E-state index in [0.29, 0.717) is 6.54 Å². The Morgan fingerprint density at radius 2 is 2.17 bits per heavy atom. The van der Waals surface area contributed by atoms with Gasteiger partial charge in [-0.2, -0.15) is 0 Å². The molecule has 12 heavy (non-hydrogen) atoms. The molecular weight excluding hydrogens is 172 g/mol. The van der Waals surface area contributed by atoms with E-state index in [1.165, 1.54) is 5.56 Å². The van der Waals surface area contributed by atoms with Crippen molar-refractivity contribution in [3.63, 3.8) is 0 Å². The van der Waals surface area contributed by atoms with Crippen molar-refractivity contribution in [1.29, 1.82) is 0 Å². The summed E-state index contributed by atoms with van der Waals surface area (Å²) < 4.78 is 0. The van der Waals surface area contributed by atoms with Crippen LogP contribution in [0.3, 0.4) is 0 Å². The SMILES string of the molecule is Cc1cccc(NCCN)c1.Cl. The molecule has 0 aliphatic heterocycles. The number of hydrogen-bond donors (Lipinski definition) is 2. The van der Waals surface area contributed by atoms with Crippen molar-refractivity contribution < 1.29 is 0 Å². The smallest absolute Gasteiger partial charge is 0.0343 e. The minimum atomic E-state index is 0. The number of anilines is 1. The molecule has 0 heterocycles. The first-order chi connectivity index (χ1) is 5.33. The van der Waals surface area contributed by atoms with Crippen LogP contribution in [0.1, 0.15) is 5.56 Å². The van der Waals surface area contributed by atoms with Crippen LogP contribution in [0.2, 0.25) is 0 Å². The zero-order valence-corrected chi connectivity index (χ0v) is 8.03. The van der Waals surface area contributed by atoms with Gasteiger partial charge in [0.1, 0.15) is 0 Å². The Labute approximate surface area is 79.6 Å². The lowest BCUT2D eigenvalue weighted by Crippen LogP contribution is -2.12. The molecule has 1 aromatic carbocycles. The molecule has 0 saturated heterocycles. The van der Waals surface area contributed by atoms with E-state index in [1.54, 1.807) is 0 Å². The number of nitrogens with one attached hydrogen (secondary N) is 1. The van der Waals surface area contributed by atoms with E-state index in [0.717, 1.165) is 12.2 Å². The molecule has 0 atom stereocenters. The van der Waals surface area contributed by atoms with Gasteiger partial charge in [-0.05, 0) is 24.6 Å². The average molecular weight is 187 g/mol. The first-order valence-corrected chi connectivity index (χ1v) is 3.83. The van der Waals surface area contributed by atoms with Crippen LogP contribution in [-0.4, -0.2) is 13.1 Å². The maximum absolute atomic E-state index is 5.35. The molecule has 68 valence electrons. The van der Waals surface area contributed by atoms with Crippen LogP contribution in [0.5, 0.6) is 0 Å². The lowest BCUT2D eigenvalue weighted by atomic mass is 10.2. The number of hydrogen-bond acceptors (Lipinski definition) is 2. The number of halogens is 1. The molecule has 0 aliphatic rings. The highest BCUT2D eigenvalue weighted by Gasteiger charge is 1.88. The number of nitrogens with two attached hydrogens (primary N) is 1. The van der Waals surface area contributed by atoms with Crippen LogP contribution >= 0.6 is 12.4 Å². The van der Waals surface area contributed by atoms with Crippen molar-refractivity contribution in [2.45, 2.75) is 6.92 Å². The van der Waals surface area contributed by atoms with Crippen LogP contribution in [0, 0.1) is 6.92 Å². The Bertz CT molecular complexity index is 226. The fraction of sp³-hybridized carbons (Fsp3) is 0.333. The summed E-state index contributed by atoms with van der Waals surface area (Å²) in [7, 11) is 0. The lowest BCUT2D eigenvalue weighted by Gasteiger charge is -2.04. The van der Waals surface area contributed by atoms with Gasteiger partial charge in [0.25, 0.3) is 0 Å². The van der Waals surface area contributed by atoms with Gasteiger partial charge in [-0.1, -0.05) is 12.1 Å². The second-order valence-corrected chi connectivity index (χ2v) is 2.58. The van der Waals surface area contributed by atoms with Crippen molar-refractivity contribution in [3.05, 3.63) is 29.8 Å². The Balaban J connectivity index is 0.00000121. The Morgan fingerprint density at radius 1 is 1.42 bits per heavy atom. The van der Waals surface area contributed by atoms with Gasteiger partial charge in [0.2, 0.25) is 0 Å². The van der Waals surface area contributed by atoms with Crippen molar-refractivity contribution in [3.8, 4) is 0 Å². The maximum atomic E-state index is 5.35. The van der Waals surface area contributed by atoms with E-state index in [9.17, 15) is 0 Å². The van der Waals surface area contributed by atoms with Gasteiger partial charge in [0, 0.05) is 18.8 Å². The average Bonchev–Trinajstić information content (AvgIpc) is 2.01. The molecule has 0 saturated carbocycles. The van der Waals surface area contributed by atoms with Crippen molar-refractivity contribution in [2.75, 3.05) is 18.4 Å². The third kappa shape index (κ3) is 3.60. The predicted molar refractivity (Wildman–Crippen MR) is 56.0 cm³/mol. The molecular formula is C9H15ClN2. The predicted octanol–water partition coefficient (Wildman–Crippen LogP) is 1.79. The standard InChI is InChI=1S/C9H14N2.ClH/c1-8-3-2-4-9(7-8)11-6-5-10;/h2-4,7,11H,5-6,10H2,1H3;1H. The van der Waals surface area contributed by atoms with Gasteiger partial charge >= 0.3 is 0 Å². The van der Waals surface area contributed by atoms with E-state index in [1.807, 2.05) is 12.1 Å². The number of benzene rings is 1. The van der Waals surface area contributed by atoms with Crippen LogP contribution in [0.25, 0.3) is 0 Å². The van der Waals surface area contributed by atoms with E-state index in [4.69, 9.17) is 5.73 Å². The summed E-state index contributed by atoms with van der Waals surface area (Å²) in [6.07, 6.45) is 0. The largest absolute Gasteiger partial charge is 0.384 e. The Morgan fingerprint density at radius 3 is 2.75 bits per heavy atom. The molecule has 1 rings (SSSR count). The molecule has 0 radical (unpaired) electrons. The van der Waals surface area contributed by atoms with Gasteiger partial charge in [-0.3, -0.25) is 0 Å². The molecule has 0 fully saturated rings. The molecule has 1 aromatic rings. The highest BCUT2D eigenvalue weighted by Crippen LogP contribution is 2.08. The molecule has 2 nitrogen and oxygen atoms in total. The maximum Gasteiger partial charge on any atom is 0.0343 e. The minimum absolute atomic E-state index is 0. The highest BCUT2D eigenvalue weighted by molar-refractivity contribution is 5.85. The monoisotopic (exact) mass is 186 g/mol. The van der Waals surface area contributed by atoms with Gasteiger partial charge in [-0.25, -0.2) is 0 Å². The van der Waals surface area contributed by atoms with Gasteiger partial charge < -0.3 is 11.1 Å². The highest BCUT2D eigenvalue weighted by atomic mass is 35.5. The molecule has 0 bridgehead atoms. The Kier molecular flexibility index (Phi) is 5.51. The van der Waals surface area contributed by atoms with Crippen LogP contribution in [0.4, 0.5) is 5.69 Å². The van der Waals surface area contributed by atoms with E-state index in [-0.39, 0.29) is 12.4 Å². The molecule has 0 aliphatic carbocycles. The first-order valence-electron chi connectivity index (χ1n) is 3.83. The zero-order valence-electron chi connectivity index (χ0n) is 7.21. The summed E-state index contributed by atoms with van der Waals surface area (Å²) in [6, 6.07) is 8.26. The molecule has 0 aromatic heterocycles. The van der Waals surface area contributed by atoms with Crippen LogP contribution in [-0.2, 0) is 0 Å². The summed E-state index contributed by atoms with van der Waals surface area (Å²) in [6.45, 7) is 3.59. The summed E-state index contributed by atoms with van der Waals surface area (Å²) in [5, 5.41) is 3.21. The first kappa shape index (κ1) is 11.3. The number of rotatable bonds is 3. The summed E-state index contributed by atoms with van der Waals surface area (Å²) in [4.78, 5) is 0. The molecule has 0 unspecified atom stereocenters. The van der Waals surface area contributed by atoms with Crippen molar-refractivity contribution in [2.24, 2.45) is 5.73 Å². The summed E-state index contributed by atoms with van der Waals surface area (Å²) in [5.41, 5.74) is 7.77. The van der Waals surface area contributed by atoms with Crippen molar-refractivity contribution in [1.82, 2.24) is 0 Å². The lowest BCUT2D eigenvalue weighted by molar-refractivity contribution is 1.02. The van der Waals surface area contributed by atoms with Crippen LogP contribution < -0.4 is 11.1 Å². The van der Waals surface area contributed by atoms with Crippen LogP contribution in [0.15, 0.2) is 24.3 Å². The second kappa shape index (κ2) is 5.86. The molecule has 3 heteroatoms. The van der Waals surface area contributed by atoms with Gasteiger partial charge in [0.15, 0.2) is 0 Å². The summed E-state index contributed by atoms with van der Waals surface area (Å²) >= 11 is 0. The van der Waals surface area contributed by atoms with E-state index in [2.05, 4.69) is 24.4 Å². The van der Waals surface area contributed by atoms with Gasteiger partial charge in [-0.15, -0.1) is 12.4 Å². The fourth-order valence-electron chi connectivity index (χ4n) is 0.972. The third-order valence-electron chi connectivity index (χ3n) is 1.49. The summed E-state index contributed by atoms with van der Waals surface area (Å²) in [5.74, 6) is 0. The van der Waals surface area contributed by atoms with Crippen molar-refractivity contribution >= 4 is 18.1 Å². The van der Waals surface area contributed by atoms with Gasteiger partial charge in [0.05, 0.1) is 0 Å². The topological polar surface area (TPSA) is 38.0 Å². The fourth-order valence-corrected chi connectivity index (χ4v) is 0.972. The molecule has 3 N–H and O–H groups in total. The molecule has 0 spiro atoms. The normalized spacial score (nSPS) is 8.83. The Hall–Kier alpha value is -0.730. The second-order valence-electron chi connectivity index (χ2n) is 2.58. The van der Waals surface area contributed by atoms with E-state index >= 15 is 0 Å². The minimum Gasteiger partial charge on any atom is -0.384 e.